The van der Waals surface area contributed by atoms with Crippen LogP contribution in [0.5, 0.6) is 0 Å². The summed E-state index contributed by atoms with van der Waals surface area (Å²) in [5.74, 6) is 0.911. The van der Waals surface area contributed by atoms with Crippen LogP contribution in [-0.2, 0) is 10.3 Å². The van der Waals surface area contributed by atoms with Crippen molar-refractivity contribution in [1.82, 2.24) is 14.7 Å². The molecular formula is C25H36N4O2. The van der Waals surface area contributed by atoms with Crippen LogP contribution in [0.4, 0.5) is 5.82 Å². The summed E-state index contributed by atoms with van der Waals surface area (Å²) in [6, 6.07) is 10.6. The van der Waals surface area contributed by atoms with Gasteiger partial charge in [0.2, 0.25) is 0 Å². The van der Waals surface area contributed by atoms with Gasteiger partial charge < -0.3 is 15.0 Å². The number of hydrogen-bond donors (Lipinski definition) is 1. The second-order valence-electron chi connectivity index (χ2n) is 9.75. The van der Waals surface area contributed by atoms with Gasteiger partial charge in [-0.15, -0.1) is 0 Å². The van der Waals surface area contributed by atoms with Gasteiger partial charge in [-0.05, 0) is 52.0 Å². The van der Waals surface area contributed by atoms with Crippen LogP contribution < -0.4 is 5.32 Å². The van der Waals surface area contributed by atoms with E-state index in [1.54, 1.807) is 7.11 Å². The zero-order chi connectivity index (χ0) is 22.4. The SMILES string of the molecule is CCC1(CC)C[C@@H](OC)CN1C(=O)c1c(C)nn2c1N[C@@H](c1ccccc1)CC2(C)C. The number of ether oxygens (including phenoxy) is 1. The largest absolute Gasteiger partial charge is 0.380 e. The summed E-state index contributed by atoms with van der Waals surface area (Å²) in [6.07, 6.45) is 3.71. The highest BCUT2D eigenvalue weighted by molar-refractivity contribution is 6.01. The van der Waals surface area contributed by atoms with E-state index in [-0.39, 0.29) is 29.1 Å². The minimum Gasteiger partial charge on any atom is -0.380 e. The number of carbonyl (C=O) groups is 1. The van der Waals surface area contributed by atoms with Gasteiger partial charge >= 0.3 is 0 Å². The molecule has 2 aromatic rings. The van der Waals surface area contributed by atoms with Crippen molar-refractivity contribution in [2.24, 2.45) is 0 Å². The normalized spacial score (nSPS) is 24.0. The minimum atomic E-state index is -0.197. The maximum absolute atomic E-state index is 14.0. The Labute approximate surface area is 186 Å². The fourth-order valence-electron chi connectivity index (χ4n) is 5.55. The molecule has 4 rings (SSSR count). The van der Waals surface area contributed by atoms with Gasteiger partial charge in [0.25, 0.3) is 5.91 Å². The van der Waals surface area contributed by atoms with Crippen LogP contribution in [0.1, 0.15) is 81.0 Å². The molecule has 2 aliphatic heterocycles. The smallest absolute Gasteiger partial charge is 0.260 e. The molecule has 31 heavy (non-hydrogen) atoms. The molecule has 1 fully saturated rings. The van der Waals surface area contributed by atoms with Gasteiger partial charge in [-0.3, -0.25) is 4.79 Å². The van der Waals surface area contributed by atoms with Crippen LogP contribution in [0, 0.1) is 6.92 Å². The number of anilines is 1. The van der Waals surface area contributed by atoms with E-state index in [9.17, 15) is 4.79 Å². The predicted octanol–water partition coefficient (Wildman–Crippen LogP) is 4.90. The maximum atomic E-state index is 14.0. The van der Waals surface area contributed by atoms with E-state index < -0.39 is 0 Å². The van der Waals surface area contributed by atoms with Crippen molar-refractivity contribution in [2.75, 3.05) is 19.0 Å². The summed E-state index contributed by atoms with van der Waals surface area (Å²) in [5.41, 5.74) is 2.36. The topological polar surface area (TPSA) is 59.4 Å². The average molecular weight is 425 g/mol. The highest BCUT2D eigenvalue weighted by Gasteiger charge is 2.48. The standard InChI is InChI=1S/C25H36N4O2/c1-7-25(8-2)14-19(31-6)16-28(25)23(30)21-17(3)27-29-22(21)26-20(15-24(29,4)5)18-12-10-9-11-13-18/h9-13,19-20,26H,7-8,14-16H2,1-6H3/t19-,20-/m1/s1. The van der Waals surface area contributed by atoms with Gasteiger partial charge in [0.1, 0.15) is 11.4 Å². The molecule has 1 aromatic carbocycles. The number of benzene rings is 1. The summed E-state index contributed by atoms with van der Waals surface area (Å²) in [4.78, 5) is 16.1. The number of hydrogen-bond acceptors (Lipinski definition) is 4. The molecule has 6 nitrogen and oxygen atoms in total. The molecule has 168 valence electrons. The first-order chi connectivity index (χ1) is 14.8. The number of aromatic nitrogens is 2. The van der Waals surface area contributed by atoms with E-state index in [2.05, 4.69) is 62.2 Å². The quantitative estimate of drug-likeness (QED) is 0.741. The molecule has 1 saturated heterocycles. The zero-order valence-electron chi connectivity index (χ0n) is 19.7. The van der Waals surface area contributed by atoms with Crippen molar-refractivity contribution in [3.8, 4) is 0 Å². The maximum Gasteiger partial charge on any atom is 0.260 e. The van der Waals surface area contributed by atoms with Gasteiger partial charge in [-0.2, -0.15) is 5.10 Å². The first kappa shape index (κ1) is 21.9. The predicted molar refractivity (Wildman–Crippen MR) is 123 cm³/mol. The molecule has 0 unspecified atom stereocenters. The summed E-state index contributed by atoms with van der Waals surface area (Å²) < 4.78 is 7.71. The number of likely N-dealkylation sites (tertiary alicyclic amines) is 1. The molecular weight excluding hydrogens is 388 g/mol. The first-order valence-corrected chi connectivity index (χ1v) is 11.5. The summed E-state index contributed by atoms with van der Waals surface area (Å²) in [7, 11) is 1.75. The molecule has 1 amide bonds. The molecule has 2 atom stereocenters. The van der Waals surface area contributed by atoms with Crippen LogP contribution in [-0.4, -0.2) is 45.9 Å². The molecule has 0 saturated carbocycles. The van der Waals surface area contributed by atoms with E-state index in [1.165, 1.54) is 5.56 Å². The third kappa shape index (κ3) is 3.55. The molecule has 2 aliphatic rings. The fraction of sp³-hybridized carbons (Fsp3) is 0.600. The van der Waals surface area contributed by atoms with Crippen molar-refractivity contribution in [1.29, 1.82) is 0 Å². The van der Waals surface area contributed by atoms with Crippen molar-refractivity contribution >= 4 is 11.7 Å². The molecule has 6 heteroatoms. The summed E-state index contributed by atoms with van der Waals surface area (Å²) in [6.45, 7) is 11.3. The van der Waals surface area contributed by atoms with Crippen LogP contribution >= 0.6 is 0 Å². The lowest BCUT2D eigenvalue weighted by atomic mass is 9.88. The van der Waals surface area contributed by atoms with Crippen molar-refractivity contribution in [3.63, 3.8) is 0 Å². The number of amides is 1. The summed E-state index contributed by atoms with van der Waals surface area (Å²) in [5, 5.41) is 8.51. The highest BCUT2D eigenvalue weighted by Crippen LogP contribution is 2.43. The molecule has 0 bridgehead atoms. The van der Waals surface area contributed by atoms with E-state index in [4.69, 9.17) is 9.84 Å². The Morgan fingerprint density at radius 2 is 1.87 bits per heavy atom. The molecule has 0 aliphatic carbocycles. The van der Waals surface area contributed by atoms with Crippen molar-refractivity contribution < 1.29 is 9.53 Å². The van der Waals surface area contributed by atoms with Crippen LogP contribution in [0.3, 0.4) is 0 Å². The monoisotopic (exact) mass is 424 g/mol. The van der Waals surface area contributed by atoms with Crippen LogP contribution in [0.2, 0.25) is 0 Å². The van der Waals surface area contributed by atoms with E-state index >= 15 is 0 Å². The van der Waals surface area contributed by atoms with E-state index in [1.807, 2.05) is 17.7 Å². The van der Waals surface area contributed by atoms with Crippen LogP contribution in [0.15, 0.2) is 30.3 Å². The highest BCUT2D eigenvalue weighted by atomic mass is 16.5. The Hall–Kier alpha value is -2.34. The molecule has 0 spiro atoms. The second-order valence-corrected chi connectivity index (χ2v) is 9.75. The van der Waals surface area contributed by atoms with Crippen molar-refractivity contribution in [3.05, 3.63) is 47.2 Å². The molecule has 3 heterocycles. The molecule has 1 N–H and O–H groups in total. The Kier molecular flexibility index (Phi) is 5.63. The van der Waals surface area contributed by atoms with E-state index in [0.717, 1.165) is 37.2 Å². The fourth-order valence-corrected chi connectivity index (χ4v) is 5.55. The lowest BCUT2D eigenvalue weighted by Gasteiger charge is -2.39. The van der Waals surface area contributed by atoms with Crippen molar-refractivity contribution in [2.45, 2.75) is 83.5 Å². The van der Waals surface area contributed by atoms with Gasteiger partial charge in [-0.25, -0.2) is 4.68 Å². The molecule has 1 aromatic heterocycles. The average Bonchev–Trinajstić information content (AvgIpc) is 3.32. The third-order valence-electron chi connectivity index (χ3n) is 7.53. The Balaban J connectivity index is 1.76. The number of nitrogens with one attached hydrogen (secondary N) is 1. The first-order valence-electron chi connectivity index (χ1n) is 11.5. The third-order valence-corrected chi connectivity index (χ3v) is 7.53. The van der Waals surface area contributed by atoms with Gasteiger partial charge in [-0.1, -0.05) is 44.2 Å². The number of rotatable bonds is 5. The Morgan fingerprint density at radius 1 is 1.19 bits per heavy atom. The zero-order valence-corrected chi connectivity index (χ0v) is 19.7. The van der Waals surface area contributed by atoms with Crippen LogP contribution in [0.25, 0.3) is 0 Å². The number of methoxy groups -OCH3 is 1. The molecule has 0 radical (unpaired) electrons. The minimum absolute atomic E-state index is 0.0685. The van der Waals surface area contributed by atoms with Gasteiger partial charge in [0.05, 0.1) is 23.4 Å². The lowest BCUT2D eigenvalue weighted by Crippen LogP contribution is -2.47. The summed E-state index contributed by atoms with van der Waals surface area (Å²) >= 11 is 0. The Morgan fingerprint density at radius 3 is 2.48 bits per heavy atom. The second kappa shape index (κ2) is 7.97. The van der Waals surface area contributed by atoms with Gasteiger partial charge in [0.15, 0.2) is 0 Å². The van der Waals surface area contributed by atoms with E-state index in [0.29, 0.717) is 12.1 Å². The number of carbonyl (C=O) groups excluding carboxylic acids is 1. The lowest BCUT2D eigenvalue weighted by molar-refractivity contribution is 0.0563. The Bertz CT molecular complexity index is 946. The number of aryl methyl sites for hydroxylation is 1. The van der Waals surface area contributed by atoms with Gasteiger partial charge in [0, 0.05) is 19.2 Å². The number of fused-ring (bicyclic) bond motifs is 1. The number of nitrogens with zero attached hydrogens (tertiary/aromatic N) is 3.